The first kappa shape index (κ1) is 15.6. The molecule has 0 bridgehead atoms. The van der Waals surface area contributed by atoms with E-state index in [9.17, 15) is 13.2 Å². The van der Waals surface area contributed by atoms with Crippen molar-refractivity contribution in [3.63, 3.8) is 0 Å². The zero-order valence-corrected chi connectivity index (χ0v) is 11.9. The smallest absolute Gasteiger partial charge is 0.441 e. The molecule has 2 rings (SSSR count). The molecule has 0 atom stereocenters. The van der Waals surface area contributed by atoms with Gasteiger partial charge in [0.2, 0.25) is 0 Å². The summed E-state index contributed by atoms with van der Waals surface area (Å²) in [5, 5.41) is 2.93. The minimum atomic E-state index is -4.17. The number of hydrogen-bond donors (Lipinski definition) is 1. The molecule has 0 aliphatic rings. The van der Waals surface area contributed by atoms with Gasteiger partial charge in [0.15, 0.2) is 0 Å². The SMILES string of the molecule is FC(F)(F)SCCNc1ccc(Oc2ccccc2)cc1. The lowest BCUT2D eigenvalue weighted by atomic mass is 10.3. The van der Waals surface area contributed by atoms with Crippen molar-refractivity contribution >= 4 is 17.4 Å². The first-order chi connectivity index (χ1) is 10.0. The van der Waals surface area contributed by atoms with Crippen LogP contribution in [0.25, 0.3) is 0 Å². The minimum Gasteiger partial charge on any atom is -0.457 e. The van der Waals surface area contributed by atoms with Crippen LogP contribution in [-0.4, -0.2) is 17.8 Å². The Kier molecular flexibility index (Phi) is 5.38. The van der Waals surface area contributed by atoms with Crippen LogP contribution in [-0.2, 0) is 0 Å². The topological polar surface area (TPSA) is 21.3 Å². The summed E-state index contributed by atoms with van der Waals surface area (Å²) in [7, 11) is 0. The van der Waals surface area contributed by atoms with Crippen molar-refractivity contribution in [2.45, 2.75) is 5.51 Å². The highest BCUT2D eigenvalue weighted by atomic mass is 32.2. The van der Waals surface area contributed by atoms with Gasteiger partial charge in [-0.25, -0.2) is 0 Å². The number of ether oxygens (including phenoxy) is 1. The van der Waals surface area contributed by atoms with E-state index in [-0.39, 0.29) is 24.1 Å². The number of para-hydroxylation sites is 1. The largest absolute Gasteiger partial charge is 0.457 e. The van der Waals surface area contributed by atoms with Crippen molar-refractivity contribution < 1.29 is 17.9 Å². The highest BCUT2D eigenvalue weighted by Crippen LogP contribution is 2.29. The molecule has 0 saturated heterocycles. The van der Waals surface area contributed by atoms with Crippen molar-refractivity contribution in [2.75, 3.05) is 17.6 Å². The number of benzene rings is 2. The van der Waals surface area contributed by atoms with E-state index in [2.05, 4.69) is 5.32 Å². The normalized spacial score (nSPS) is 11.2. The van der Waals surface area contributed by atoms with Crippen molar-refractivity contribution in [2.24, 2.45) is 0 Å². The maximum absolute atomic E-state index is 12.0. The third kappa shape index (κ3) is 5.99. The summed E-state index contributed by atoms with van der Waals surface area (Å²) in [6.45, 7) is 0.253. The summed E-state index contributed by atoms with van der Waals surface area (Å²) >= 11 is -0.0294. The standard InChI is InChI=1S/C15H14F3NOS/c16-15(17,18)21-11-10-19-12-6-8-14(9-7-12)20-13-4-2-1-3-5-13/h1-9,19H,10-11H2. The molecule has 0 aromatic heterocycles. The fourth-order valence-electron chi connectivity index (χ4n) is 1.63. The quantitative estimate of drug-likeness (QED) is 0.746. The summed E-state index contributed by atoms with van der Waals surface area (Å²) in [6, 6.07) is 16.4. The molecule has 0 aliphatic carbocycles. The molecule has 2 aromatic carbocycles. The molecule has 0 heterocycles. The molecule has 1 N–H and O–H groups in total. The summed E-state index contributed by atoms with van der Waals surface area (Å²) in [6.07, 6.45) is 0. The van der Waals surface area contributed by atoms with Crippen molar-refractivity contribution in [1.82, 2.24) is 0 Å². The Morgan fingerprint density at radius 2 is 1.52 bits per heavy atom. The van der Waals surface area contributed by atoms with Crippen LogP contribution in [0.1, 0.15) is 0 Å². The van der Waals surface area contributed by atoms with E-state index < -0.39 is 5.51 Å². The van der Waals surface area contributed by atoms with Crippen molar-refractivity contribution in [3.05, 3.63) is 54.6 Å². The predicted octanol–water partition coefficient (Wildman–Crippen LogP) is 5.14. The van der Waals surface area contributed by atoms with Crippen molar-refractivity contribution in [3.8, 4) is 11.5 Å². The van der Waals surface area contributed by atoms with Gasteiger partial charge < -0.3 is 10.1 Å². The Morgan fingerprint density at radius 1 is 0.905 bits per heavy atom. The maximum Gasteiger partial charge on any atom is 0.441 e. The number of thioether (sulfide) groups is 1. The fourth-order valence-corrected chi connectivity index (χ4v) is 2.06. The lowest BCUT2D eigenvalue weighted by molar-refractivity contribution is -0.0327. The summed E-state index contributed by atoms with van der Waals surface area (Å²) in [5.41, 5.74) is -3.41. The molecule has 21 heavy (non-hydrogen) atoms. The van der Waals surface area contributed by atoms with Gasteiger partial charge in [-0.3, -0.25) is 0 Å². The van der Waals surface area contributed by atoms with Crippen molar-refractivity contribution in [1.29, 1.82) is 0 Å². The maximum atomic E-state index is 12.0. The van der Waals surface area contributed by atoms with E-state index >= 15 is 0 Å². The third-order valence-electron chi connectivity index (χ3n) is 2.53. The first-order valence-electron chi connectivity index (χ1n) is 6.30. The van der Waals surface area contributed by atoms with E-state index in [4.69, 9.17) is 4.74 Å². The summed E-state index contributed by atoms with van der Waals surface area (Å²) in [5.74, 6) is 1.39. The van der Waals surface area contributed by atoms with Gasteiger partial charge in [0.05, 0.1) is 0 Å². The predicted molar refractivity (Wildman–Crippen MR) is 80.0 cm³/mol. The monoisotopic (exact) mass is 313 g/mol. The van der Waals surface area contributed by atoms with Gasteiger partial charge >= 0.3 is 5.51 Å². The van der Waals surface area contributed by atoms with E-state index in [1.807, 2.05) is 30.3 Å². The molecular weight excluding hydrogens is 299 g/mol. The van der Waals surface area contributed by atoms with Gasteiger partial charge in [-0.1, -0.05) is 18.2 Å². The second-order valence-corrected chi connectivity index (χ2v) is 5.32. The molecule has 0 spiro atoms. The number of nitrogens with one attached hydrogen (secondary N) is 1. The van der Waals surface area contributed by atoms with Gasteiger partial charge in [-0.05, 0) is 48.2 Å². The Labute approximate surface area is 125 Å². The van der Waals surface area contributed by atoms with Crippen LogP contribution in [0, 0.1) is 0 Å². The van der Waals surface area contributed by atoms with Gasteiger partial charge in [0, 0.05) is 18.0 Å². The van der Waals surface area contributed by atoms with E-state index in [0.29, 0.717) is 5.75 Å². The third-order valence-corrected chi connectivity index (χ3v) is 3.27. The number of halogens is 3. The van der Waals surface area contributed by atoms with Crippen LogP contribution >= 0.6 is 11.8 Å². The average molecular weight is 313 g/mol. The highest BCUT2D eigenvalue weighted by molar-refractivity contribution is 8.00. The van der Waals surface area contributed by atoms with E-state index in [1.165, 1.54) is 0 Å². The molecular formula is C15H14F3NOS. The first-order valence-corrected chi connectivity index (χ1v) is 7.29. The average Bonchev–Trinajstić information content (AvgIpc) is 2.45. The highest BCUT2D eigenvalue weighted by Gasteiger charge is 2.27. The van der Waals surface area contributed by atoms with Gasteiger partial charge in [0.25, 0.3) is 0 Å². The van der Waals surface area contributed by atoms with Gasteiger partial charge in [-0.15, -0.1) is 0 Å². The molecule has 2 nitrogen and oxygen atoms in total. The fraction of sp³-hybridized carbons (Fsp3) is 0.200. The van der Waals surface area contributed by atoms with Crippen LogP contribution in [0.5, 0.6) is 11.5 Å². The zero-order valence-electron chi connectivity index (χ0n) is 11.1. The number of rotatable bonds is 6. The molecule has 0 radical (unpaired) electrons. The molecule has 6 heteroatoms. The summed E-state index contributed by atoms with van der Waals surface area (Å²) in [4.78, 5) is 0. The number of anilines is 1. The number of hydrogen-bond acceptors (Lipinski definition) is 3. The Hall–Kier alpha value is -1.82. The molecule has 2 aromatic rings. The van der Waals surface area contributed by atoms with Crippen LogP contribution in [0.15, 0.2) is 54.6 Å². The van der Waals surface area contributed by atoms with E-state index in [0.717, 1.165) is 11.4 Å². The number of alkyl halides is 3. The van der Waals surface area contributed by atoms with Crippen LogP contribution in [0.3, 0.4) is 0 Å². The second kappa shape index (κ2) is 7.26. The van der Waals surface area contributed by atoms with Gasteiger partial charge in [-0.2, -0.15) is 13.2 Å². The lowest BCUT2D eigenvalue weighted by Gasteiger charge is -2.09. The minimum absolute atomic E-state index is 0.0221. The molecule has 0 aliphatic heterocycles. The van der Waals surface area contributed by atoms with Crippen LogP contribution in [0.4, 0.5) is 18.9 Å². The van der Waals surface area contributed by atoms with Crippen LogP contribution in [0.2, 0.25) is 0 Å². The van der Waals surface area contributed by atoms with Gasteiger partial charge in [0.1, 0.15) is 11.5 Å². The second-order valence-electron chi connectivity index (χ2n) is 4.16. The molecule has 0 fully saturated rings. The summed E-state index contributed by atoms with van der Waals surface area (Å²) < 4.78 is 41.5. The Morgan fingerprint density at radius 3 is 2.14 bits per heavy atom. The zero-order chi connectivity index (χ0) is 15.1. The molecule has 0 unspecified atom stereocenters. The Balaban J connectivity index is 1.79. The lowest BCUT2D eigenvalue weighted by Crippen LogP contribution is -2.09. The molecule has 0 saturated carbocycles. The van der Waals surface area contributed by atoms with Crippen LogP contribution < -0.4 is 10.1 Å². The molecule has 0 amide bonds. The van der Waals surface area contributed by atoms with E-state index in [1.54, 1.807) is 24.3 Å². The Bertz CT molecular complexity index is 543. The molecule has 112 valence electrons.